The number of hydrogen-bond acceptors (Lipinski definition) is 4. The number of anilines is 1. The molecule has 0 saturated carbocycles. The molecular formula is C11H18N4. The van der Waals surface area contributed by atoms with Gasteiger partial charge in [0.25, 0.3) is 0 Å². The van der Waals surface area contributed by atoms with E-state index in [9.17, 15) is 0 Å². The largest absolute Gasteiger partial charge is 0.355 e. The fraction of sp³-hybridized carbons (Fsp3) is 0.636. The number of hydrogen-bond donors (Lipinski definition) is 1. The molecule has 0 amide bonds. The summed E-state index contributed by atoms with van der Waals surface area (Å²) in [5.41, 5.74) is 0. The van der Waals surface area contributed by atoms with E-state index < -0.39 is 0 Å². The molecule has 1 N–H and O–H groups in total. The molecule has 4 nitrogen and oxygen atoms in total. The van der Waals surface area contributed by atoms with Gasteiger partial charge in [0.05, 0.1) is 0 Å². The molecule has 1 aliphatic rings. The van der Waals surface area contributed by atoms with Crippen molar-refractivity contribution in [3.8, 4) is 0 Å². The molecule has 2 heterocycles. The van der Waals surface area contributed by atoms with Crippen LogP contribution in [0, 0.1) is 5.92 Å². The quantitative estimate of drug-likeness (QED) is 0.798. The summed E-state index contributed by atoms with van der Waals surface area (Å²) >= 11 is 0. The van der Waals surface area contributed by atoms with Gasteiger partial charge < -0.3 is 10.2 Å². The van der Waals surface area contributed by atoms with Gasteiger partial charge in [-0.3, -0.25) is 0 Å². The van der Waals surface area contributed by atoms with Gasteiger partial charge in [-0.15, -0.1) is 5.10 Å². The van der Waals surface area contributed by atoms with Gasteiger partial charge in [0.2, 0.25) is 0 Å². The number of piperidine rings is 1. The predicted molar refractivity (Wildman–Crippen MR) is 60.9 cm³/mol. The molecule has 15 heavy (non-hydrogen) atoms. The SMILES string of the molecule is CNCC1CCN(c2cccnn2)CC1. The Hall–Kier alpha value is -1.16. The molecule has 4 heteroatoms. The highest BCUT2D eigenvalue weighted by atomic mass is 15.3. The molecule has 0 bridgehead atoms. The summed E-state index contributed by atoms with van der Waals surface area (Å²) in [6.45, 7) is 3.34. The molecule has 1 saturated heterocycles. The summed E-state index contributed by atoms with van der Waals surface area (Å²) in [6, 6.07) is 3.98. The third kappa shape index (κ3) is 2.65. The van der Waals surface area contributed by atoms with E-state index >= 15 is 0 Å². The molecule has 1 fully saturated rings. The lowest BCUT2D eigenvalue weighted by atomic mass is 9.97. The highest BCUT2D eigenvalue weighted by molar-refractivity contribution is 5.36. The van der Waals surface area contributed by atoms with E-state index in [-0.39, 0.29) is 0 Å². The first kappa shape index (κ1) is 10.4. The Bertz CT molecular complexity index is 280. The van der Waals surface area contributed by atoms with Crippen molar-refractivity contribution in [3.63, 3.8) is 0 Å². The summed E-state index contributed by atoms with van der Waals surface area (Å²) in [7, 11) is 2.02. The van der Waals surface area contributed by atoms with Crippen LogP contribution in [-0.2, 0) is 0 Å². The van der Waals surface area contributed by atoms with Crippen LogP contribution in [0.1, 0.15) is 12.8 Å². The van der Waals surface area contributed by atoms with E-state index in [2.05, 4.69) is 20.4 Å². The van der Waals surface area contributed by atoms with Crippen molar-refractivity contribution in [2.45, 2.75) is 12.8 Å². The van der Waals surface area contributed by atoms with Crippen LogP contribution in [0.2, 0.25) is 0 Å². The standard InChI is InChI=1S/C11H18N4/c1-12-9-10-4-7-15(8-5-10)11-3-2-6-13-14-11/h2-3,6,10,12H,4-5,7-9H2,1H3. The Morgan fingerprint density at radius 3 is 2.87 bits per heavy atom. The van der Waals surface area contributed by atoms with Crippen LogP contribution in [0.3, 0.4) is 0 Å². The van der Waals surface area contributed by atoms with Crippen LogP contribution >= 0.6 is 0 Å². The van der Waals surface area contributed by atoms with E-state index in [0.717, 1.165) is 31.4 Å². The maximum atomic E-state index is 4.13. The second-order valence-corrected chi connectivity index (χ2v) is 4.07. The average molecular weight is 206 g/mol. The van der Waals surface area contributed by atoms with Crippen molar-refractivity contribution in [2.24, 2.45) is 5.92 Å². The second-order valence-electron chi connectivity index (χ2n) is 4.07. The lowest BCUT2D eigenvalue weighted by Crippen LogP contribution is -2.37. The summed E-state index contributed by atoms with van der Waals surface area (Å²) in [5, 5.41) is 11.3. The van der Waals surface area contributed by atoms with E-state index in [1.807, 2.05) is 19.2 Å². The molecule has 1 aliphatic heterocycles. The fourth-order valence-corrected chi connectivity index (χ4v) is 2.12. The van der Waals surface area contributed by atoms with E-state index in [0.29, 0.717) is 0 Å². The van der Waals surface area contributed by atoms with Gasteiger partial charge >= 0.3 is 0 Å². The zero-order chi connectivity index (χ0) is 10.5. The molecule has 2 rings (SSSR count). The summed E-state index contributed by atoms with van der Waals surface area (Å²) < 4.78 is 0. The smallest absolute Gasteiger partial charge is 0.151 e. The minimum absolute atomic E-state index is 0.822. The van der Waals surface area contributed by atoms with Crippen molar-refractivity contribution in [2.75, 3.05) is 31.6 Å². The van der Waals surface area contributed by atoms with E-state index in [4.69, 9.17) is 0 Å². The lowest BCUT2D eigenvalue weighted by Gasteiger charge is -2.32. The van der Waals surface area contributed by atoms with Crippen LogP contribution in [0.15, 0.2) is 18.3 Å². The van der Waals surface area contributed by atoms with Gasteiger partial charge in [-0.25, -0.2) is 0 Å². The van der Waals surface area contributed by atoms with Crippen LogP contribution in [0.4, 0.5) is 5.82 Å². The van der Waals surface area contributed by atoms with Crippen LogP contribution in [0.25, 0.3) is 0 Å². The van der Waals surface area contributed by atoms with Gasteiger partial charge in [-0.1, -0.05) is 0 Å². The monoisotopic (exact) mass is 206 g/mol. The number of rotatable bonds is 3. The zero-order valence-corrected chi connectivity index (χ0v) is 9.19. The Balaban J connectivity index is 1.88. The minimum atomic E-state index is 0.822. The lowest BCUT2D eigenvalue weighted by molar-refractivity contribution is 0.392. The Labute approximate surface area is 90.7 Å². The second kappa shape index (κ2) is 5.07. The van der Waals surface area contributed by atoms with Gasteiger partial charge in [-0.05, 0) is 44.5 Å². The molecular weight excluding hydrogens is 188 g/mol. The van der Waals surface area contributed by atoms with Crippen LogP contribution in [0.5, 0.6) is 0 Å². The van der Waals surface area contributed by atoms with Crippen molar-refractivity contribution in [3.05, 3.63) is 18.3 Å². The Kier molecular flexibility index (Phi) is 3.50. The number of nitrogens with zero attached hydrogens (tertiary/aromatic N) is 3. The normalized spacial score (nSPS) is 18.1. The molecule has 0 aliphatic carbocycles. The maximum Gasteiger partial charge on any atom is 0.151 e. The first-order valence-corrected chi connectivity index (χ1v) is 5.57. The van der Waals surface area contributed by atoms with Gasteiger partial charge in [0.1, 0.15) is 0 Å². The Morgan fingerprint density at radius 1 is 1.47 bits per heavy atom. The molecule has 1 aromatic heterocycles. The van der Waals surface area contributed by atoms with Gasteiger partial charge in [0, 0.05) is 19.3 Å². The number of nitrogens with one attached hydrogen (secondary N) is 1. The van der Waals surface area contributed by atoms with Crippen LogP contribution < -0.4 is 10.2 Å². The maximum absolute atomic E-state index is 4.13. The fourth-order valence-electron chi connectivity index (χ4n) is 2.12. The van der Waals surface area contributed by atoms with E-state index in [1.54, 1.807) is 6.20 Å². The number of aromatic nitrogens is 2. The minimum Gasteiger partial charge on any atom is -0.355 e. The van der Waals surface area contributed by atoms with Crippen molar-refractivity contribution in [1.82, 2.24) is 15.5 Å². The van der Waals surface area contributed by atoms with E-state index in [1.165, 1.54) is 12.8 Å². The summed E-state index contributed by atoms with van der Waals surface area (Å²) in [5.74, 6) is 1.84. The van der Waals surface area contributed by atoms with Crippen molar-refractivity contribution < 1.29 is 0 Å². The predicted octanol–water partition coefficient (Wildman–Crippen LogP) is 0.912. The average Bonchev–Trinajstić information content (AvgIpc) is 2.32. The Morgan fingerprint density at radius 2 is 2.27 bits per heavy atom. The highest BCUT2D eigenvalue weighted by Gasteiger charge is 2.19. The van der Waals surface area contributed by atoms with Crippen molar-refractivity contribution in [1.29, 1.82) is 0 Å². The van der Waals surface area contributed by atoms with Gasteiger partial charge in [-0.2, -0.15) is 5.10 Å². The topological polar surface area (TPSA) is 41.0 Å². The van der Waals surface area contributed by atoms with Gasteiger partial charge in [0.15, 0.2) is 5.82 Å². The first-order chi connectivity index (χ1) is 7.40. The summed E-state index contributed by atoms with van der Waals surface area (Å²) in [6.07, 6.45) is 4.21. The third-order valence-electron chi connectivity index (χ3n) is 2.99. The third-order valence-corrected chi connectivity index (χ3v) is 2.99. The molecule has 0 spiro atoms. The van der Waals surface area contributed by atoms with Crippen LogP contribution in [-0.4, -0.2) is 36.9 Å². The first-order valence-electron chi connectivity index (χ1n) is 5.57. The molecule has 0 radical (unpaired) electrons. The molecule has 1 aromatic rings. The highest BCUT2D eigenvalue weighted by Crippen LogP contribution is 2.20. The molecule has 82 valence electrons. The molecule has 0 unspecified atom stereocenters. The summed E-state index contributed by atoms with van der Waals surface area (Å²) in [4.78, 5) is 2.32. The molecule has 0 aromatic carbocycles. The zero-order valence-electron chi connectivity index (χ0n) is 9.19. The molecule has 0 atom stereocenters. The van der Waals surface area contributed by atoms with Crippen molar-refractivity contribution >= 4 is 5.82 Å².